The number of H-pyrrole nitrogens is 1. The lowest BCUT2D eigenvalue weighted by molar-refractivity contribution is 0.0723. The fourth-order valence-electron chi connectivity index (χ4n) is 4.48. The number of benzene rings is 1. The van der Waals surface area contributed by atoms with Gasteiger partial charge in [-0.25, -0.2) is 17.6 Å². The van der Waals surface area contributed by atoms with Crippen molar-refractivity contribution in [3.05, 3.63) is 87.1 Å². The third kappa shape index (κ3) is 3.37. The molecule has 170 valence electrons. The first-order valence-electron chi connectivity index (χ1n) is 10.2. The van der Waals surface area contributed by atoms with E-state index < -0.39 is 35.6 Å². The number of rotatable bonds is 3. The molecule has 3 aromatic heterocycles. The number of nitrogens with one attached hydrogen (secondary N) is 2. The summed E-state index contributed by atoms with van der Waals surface area (Å²) in [5.74, 6) is -2.68. The molecule has 0 spiro atoms. The zero-order valence-electron chi connectivity index (χ0n) is 17.3. The van der Waals surface area contributed by atoms with Crippen molar-refractivity contribution in [2.75, 3.05) is 13.6 Å². The number of nitrogens with zero attached hydrogens (tertiary/aromatic N) is 2. The van der Waals surface area contributed by atoms with Gasteiger partial charge in [-0.2, -0.15) is 0 Å². The minimum Gasteiger partial charge on any atom is -0.333 e. The predicted octanol–water partition coefficient (Wildman–Crippen LogP) is 3.91. The molecule has 1 aromatic carbocycles. The molecule has 0 radical (unpaired) electrons. The van der Waals surface area contributed by atoms with Crippen molar-refractivity contribution < 1.29 is 22.4 Å². The summed E-state index contributed by atoms with van der Waals surface area (Å²) in [6.45, 7) is 0.580. The second kappa shape index (κ2) is 7.73. The molecular formula is C23H18F4N4O2. The fourth-order valence-corrected chi connectivity index (χ4v) is 4.48. The second-order valence-corrected chi connectivity index (χ2v) is 8.00. The zero-order valence-corrected chi connectivity index (χ0v) is 17.3. The Morgan fingerprint density at radius 2 is 1.88 bits per heavy atom. The van der Waals surface area contributed by atoms with Crippen LogP contribution in [-0.4, -0.2) is 33.8 Å². The second-order valence-electron chi connectivity index (χ2n) is 8.00. The van der Waals surface area contributed by atoms with Gasteiger partial charge in [0, 0.05) is 43.1 Å². The van der Waals surface area contributed by atoms with Crippen LogP contribution in [0.2, 0.25) is 0 Å². The van der Waals surface area contributed by atoms with Crippen LogP contribution in [0.5, 0.6) is 0 Å². The number of carbonyl (C=O) groups is 1. The molecule has 0 saturated heterocycles. The minimum atomic E-state index is -2.71. The van der Waals surface area contributed by atoms with Crippen molar-refractivity contribution in [1.82, 2.24) is 19.6 Å². The van der Waals surface area contributed by atoms with Gasteiger partial charge in [0.15, 0.2) is 11.6 Å². The van der Waals surface area contributed by atoms with E-state index in [1.165, 1.54) is 40.7 Å². The molecule has 4 aromatic rings. The minimum absolute atomic E-state index is 0.0171. The van der Waals surface area contributed by atoms with Gasteiger partial charge in [0.25, 0.3) is 17.9 Å². The van der Waals surface area contributed by atoms with E-state index in [-0.39, 0.29) is 28.6 Å². The lowest BCUT2D eigenvalue weighted by Crippen LogP contribution is -2.42. The zero-order chi connectivity index (χ0) is 23.4. The lowest BCUT2D eigenvalue weighted by Gasteiger charge is -2.34. The molecule has 2 N–H and O–H groups in total. The smallest absolute Gasteiger partial charge is 0.278 e. The van der Waals surface area contributed by atoms with Crippen LogP contribution in [0.1, 0.15) is 39.8 Å². The van der Waals surface area contributed by atoms with Crippen molar-refractivity contribution >= 4 is 22.2 Å². The van der Waals surface area contributed by atoms with Gasteiger partial charge in [0.1, 0.15) is 0 Å². The summed E-state index contributed by atoms with van der Waals surface area (Å²) < 4.78 is 55.8. The van der Waals surface area contributed by atoms with E-state index in [9.17, 15) is 27.2 Å². The monoisotopic (exact) mass is 458 g/mol. The van der Waals surface area contributed by atoms with E-state index in [1.54, 1.807) is 6.07 Å². The molecule has 4 heterocycles. The van der Waals surface area contributed by atoms with Gasteiger partial charge < -0.3 is 19.6 Å². The maximum Gasteiger partial charge on any atom is 0.278 e. The number of pyridine rings is 2. The Labute approximate surface area is 184 Å². The van der Waals surface area contributed by atoms with Gasteiger partial charge >= 0.3 is 0 Å². The molecule has 1 aliphatic heterocycles. The Hall–Kier alpha value is -3.66. The average molecular weight is 458 g/mol. The molecular weight excluding hydrogens is 440 g/mol. The molecule has 0 fully saturated rings. The molecule has 0 unspecified atom stereocenters. The van der Waals surface area contributed by atoms with E-state index >= 15 is 0 Å². The quantitative estimate of drug-likeness (QED) is 0.458. The number of amides is 1. The van der Waals surface area contributed by atoms with E-state index in [0.29, 0.717) is 23.3 Å². The number of likely N-dealkylation sites (N-methyl/N-ethyl adjacent to an activating group) is 1. The first-order valence-corrected chi connectivity index (χ1v) is 10.2. The highest BCUT2D eigenvalue weighted by atomic mass is 19.3. The normalized spacial score (nSPS) is 15.9. The third-order valence-electron chi connectivity index (χ3n) is 6.08. The van der Waals surface area contributed by atoms with Gasteiger partial charge in [-0.05, 0) is 35.7 Å². The molecule has 5 rings (SSSR count). The lowest BCUT2D eigenvalue weighted by atomic mass is 9.93. The van der Waals surface area contributed by atoms with Crippen molar-refractivity contribution in [2.45, 2.75) is 19.0 Å². The van der Waals surface area contributed by atoms with Crippen LogP contribution >= 0.6 is 0 Å². The van der Waals surface area contributed by atoms with Crippen molar-refractivity contribution in [3.63, 3.8) is 0 Å². The number of aromatic amines is 1. The molecule has 6 nitrogen and oxygen atoms in total. The highest BCUT2D eigenvalue weighted by molar-refractivity contribution is 5.96. The number of alkyl halides is 2. The van der Waals surface area contributed by atoms with Crippen molar-refractivity contribution in [1.29, 1.82) is 0 Å². The molecule has 1 amide bonds. The SMILES string of the molecule is CN(C(=O)c1cc2cccc(C(F)F)n2c1)[C@@H]1CNCc2[nH]c(=O)c3cc(F)c(F)cc3c21. The number of aromatic nitrogens is 2. The standard InChI is InChI=1S/C23H18F4N4O2/c1-30(23(33)11-5-12-3-2-4-18(21(26)27)31(12)10-11)19-9-28-8-17-20(19)13-6-15(24)16(25)7-14(13)22(32)29-17/h2-7,10,19,21,28H,8-9H2,1H3,(H,29,32)/t19-/m1/s1. The van der Waals surface area contributed by atoms with Crippen LogP contribution in [0.15, 0.2) is 47.4 Å². The van der Waals surface area contributed by atoms with E-state index in [0.717, 1.165) is 12.1 Å². The summed E-state index contributed by atoms with van der Waals surface area (Å²) >= 11 is 0. The maximum absolute atomic E-state index is 14.1. The molecule has 1 atom stereocenters. The summed E-state index contributed by atoms with van der Waals surface area (Å²) in [4.78, 5) is 29.8. The Morgan fingerprint density at radius 3 is 2.61 bits per heavy atom. The highest BCUT2D eigenvalue weighted by Crippen LogP contribution is 2.33. The first-order chi connectivity index (χ1) is 15.8. The molecule has 10 heteroatoms. The third-order valence-corrected chi connectivity index (χ3v) is 6.08. The molecule has 1 aliphatic rings. The molecule has 0 saturated carbocycles. The Morgan fingerprint density at radius 1 is 1.15 bits per heavy atom. The van der Waals surface area contributed by atoms with Gasteiger partial charge in [-0.15, -0.1) is 0 Å². The number of fused-ring (bicyclic) bond motifs is 4. The van der Waals surface area contributed by atoms with Crippen LogP contribution in [0, 0.1) is 11.6 Å². The van der Waals surface area contributed by atoms with Crippen molar-refractivity contribution in [3.8, 4) is 0 Å². The van der Waals surface area contributed by atoms with Gasteiger partial charge in [0.2, 0.25) is 0 Å². The summed E-state index contributed by atoms with van der Waals surface area (Å²) in [7, 11) is 1.54. The van der Waals surface area contributed by atoms with E-state index in [4.69, 9.17) is 0 Å². The number of hydrogen-bond donors (Lipinski definition) is 2. The van der Waals surface area contributed by atoms with Crippen molar-refractivity contribution in [2.24, 2.45) is 0 Å². The molecule has 0 aliphatic carbocycles. The van der Waals surface area contributed by atoms with E-state index in [2.05, 4.69) is 10.3 Å². The van der Waals surface area contributed by atoms with E-state index in [1.807, 2.05) is 0 Å². The predicted molar refractivity (Wildman–Crippen MR) is 113 cm³/mol. The van der Waals surface area contributed by atoms with Crippen LogP contribution in [-0.2, 0) is 6.54 Å². The summed E-state index contributed by atoms with van der Waals surface area (Å²) in [6, 6.07) is 7.11. The topological polar surface area (TPSA) is 69.6 Å². The highest BCUT2D eigenvalue weighted by Gasteiger charge is 2.31. The summed E-state index contributed by atoms with van der Waals surface area (Å²) in [5.41, 5.74) is 0.825. The Kier molecular flexibility index (Phi) is 4.97. The largest absolute Gasteiger partial charge is 0.333 e. The first kappa shape index (κ1) is 21.2. The molecule has 33 heavy (non-hydrogen) atoms. The van der Waals surface area contributed by atoms with Gasteiger partial charge in [0.05, 0.1) is 22.7 Å². The van der Waals surface area contributed by atoms with Crippen LogP contribution < -0.4 is 10.9 Å². The number of halogens is 4. The van der Waals surface area contributed by atoms with Crippen LogP contribution in [0.4, 0.5) is 17.6 Å². The van der Waals surface area contributed by atoms with Gasteiger partial charge in [-0.1, -0.05) is 6.07 Å². The maximum atomic E-state index is 14.1. The average Bonchev–Trinajstić information content (AvgIpc) is 3.23. The fraction of sp³-hybridized carbons (Fsp3) is 0.217. The summed E-state index contributed by atoms with van der Waals surface area (Å²) in [5, 5.41) is 3.32. The van der Waals surface area contributed by atoms with Crippen LogP contribution in [0.25, 0.3) is 16.3 Å². The molecule has 0 bridgehead atoms. The van der Waals surface area contributed by atoms with Crippen LogP contribution in [0.3, 0.4) is 0 Å². The summed E-state index contributed by atoms with van der Waals surface area (Å²) in [6.07, 6.45) is -1.36. The number of carbonyl (C=O) groups excluding carboxylic acids is 1. The number of hydrogen-bond acceptors (Lipinski definition) is 3. The Bertz CT molecular complexity index is 1480. The Balaban J connectivity index is 1.60. The van der Waals surface area contributed by atoms with Gasteiger partial charge in [-0.3, -0.25) is 9.59 Å².